The van der Waals surface area contributed by atoms with Crippen LogP contribution in [0, 0.1) is 6.92 Å². The Labute approximate surface area is 164 Å². The summed E-state index contributed by atoms with van der Waals surface area (Å²) in [5.41, 5.74) is 1.26. The van der Waals surface area contributed by atoms with E-state index in [1.165, 1.54) is 0 Å². The highest BCUT2D eigenvalue weighted by atomic mass is 35.5. The number of hydrogen-bond acceptors (Lipinski definition) is 5. The Morgan fingerprint density at radius 2 is 2.07 bits per heavy atom. The number of aryl methyl sites for hydroxylation is 1. The lowest BCUT2D eigenvalue weighted by atomic mass is 9.97. The summed E-state index contributed by atoms with van der Waals surface area (Å²) in [6, 6.07) is 5.18. The first kappa shape index (κ1) is 21.3. The monoisotopic (exact) mass is 395 g/mol. The second kappa shape index (κ2) is 8.76. The molecule has 148 valence electrons. The Bertz CT molecular complexity index is 794. The zero-order chi connectivity index (χ0) is 20.2. The molecule has 1 aromatic carbocycles. The van der Waals surface area contributed by atoms with Crippen molar-refractivity contribution >= 4 is 17.6 Å². The summed E-state index contributed by atoms with van der Waals surface area (Å²) in [7, 11) is 0. The normalized spacial score (nSPS) is 12.8. The van der Waals surface area contributed by atoms with Crippen LogP contribution in [-0.4, -0.2) is 28.8 Å². The number of aromatic nitrogens is 1. The van der Waals surface area contributed by atoms with Crippen LogP contribution in [0.1, 0.15) is 50.6 Å². The molecule has 0 bridgehead atoms. The van der Waals surface area contributed by atoms with Crippen LogP contribution in [0.25, 0.3) is 0 Å². The number of hydrogen-bond donors (Lipinski definition) is 1. The van der Waals surface area contributed by atoms with E-state index in [0.29, 0.717) is 28.8 Å². The molecule has 0 aliphatic heterocycles. The average Bonchev–Trinajstić information content (AvgIpc) is 2.95. The van der Waals surface area contributed by atoms with Gasteiger partial charge in [-0.1, -0.05) is 38.4 Å². The van der Waals surface area contributed by atoms with Gasteiger partial charge < -0.3 is 19.0 Å². The maximum atomic E-state index is 11.2. The SMILES string of the molecule is CCO[C@@H](Cc1ccc(OCc2nc(C(C)(C)C)oc2C)cc1Cl)C(=O)O. The molecule has 0 saturated heterocycles. The Morgan fingerprint density at radius 3 is 2.59 bits per heavy atom. The molecule has 7 heteroatoms. The van der Waals surface area contributed by atoms with Crippen molar-refractivity contribution in [3.8, 4) is 5.75 Å². The summed E-state index contributed by atoms with van der Waals surface area (Å²) in [6.07, 6.45) is -0.729. The number of carboxylic acid groups (broad SMARTS) is 1. The van der Waals surface area contributed by atoms with Crippen molar-refractivity contribution < 1.29 is 23.8 Å². The largest absolute Gasteiger partial charge is 0.487 e. The molecule has 0 radical (unpaired) electrons. The maximum absolute atomic E-state index is 11.2. The Kier molecular flexibility index (Phi) is 6.89. The van der Waals surface area contributed by atoms with Gasteiger partial charge in [-0.25, -0.2) is 9.78 Å². The van der Waals surface area contributed by atoms with Gasteiger partial charge in [-0.05, 0) is 31.5 Å². The molecule has 2 aromatic rings. The summed E-state index contributed by atoms with van der Waals surface area (Å²) in [6.45, 7) is 10.3. The molecule has 0 amide bonds. The fourth-order valence-corrected chi connectivity index (χ4v) is 2.68. The summed E-state index contributed by atoms with van der Waals surface area (Å²) in [4.78, 5) is 15.7. The molecule has 0 aliphatic carbocycles. The smallest absolute Gasteiger partial charge is 0.333 e. The van der Waals surface area contributed by atoms with Crippen molar-refractivity contribution in [3.05, 3.63) is 46.1 Å². The second-order valence-electron chi connectivity index (χ2n) is 7.30. The third kappa shape index (κ3) is 5.71. The predicted molar refractivity (Wildman–Crippen MR) is 102 cm³/mol. The molecule has 0 fully saturated rings. The van der Waals surface area contributed by atoms with Gasteiger partial charge in [0, 0.05) is 23.5 Å². The molecule has 1 atom stereocenters. The van der Waals surface area contributed by atoms with E-state index in [-0.39, 0.29) is 18.4 Å². The number of ether oxygens (including phenoxy) is 2. The van der Waals surface area contributed by atoms with Crippen LogP contribution >= 0.6 is 11.6 Å². The molecule has 1 heterocycles. The molecule has 2 rings (SSSR count). The Hall–Kier alpha value is -2.05. The van der Waals surface area contributed by atoms with Gasteiger partial charge in [0.2, 0.25) is 0 Å². The van der Waals surface area contributed by atoms with Crippen LogP contribution in [-0.2, 0) is 28.0 Å². The molecule has 0 aliphatic rings. The third-order valence-electron chi connectivity index (χ3n) is 3.98. The first-order valence-electron chi connectivity index (χ1n) is 8.84. The zero-order valence-electron chi connectivity index (χ0n) is 16.3. The number of carboxylic acids is 1. The molecule has 0 spiro atoms. The van der Waals surface area contributed by atoms with Gasteiger partial charge in [-0.2, -0.15) is 0 Å². The van der Waals surface area contributed by atoms with Gasteiger partial charge >= 0.3 is 5.97 Å². The van der Waals surface area contributed by atoms with Crippen molar-refractivity contribution in [1.82, 2.24) is 4.98 Å². The van der Waals surface area contributed by atoms with E-state index >= 15 is 0 Å². The van der Waals surface area contributed by atoms with Gasteiger partial charge in [0.25, 0.3) is 0 Å². The van der Waals surface area contributed by atoms with Gasteiger partial charge in [-0.3, -0.25) is 0 Å². The molecule has 0 saturated carbocycles. The van der Waals surface area contributed by atoms with E-state index in [4.69, 9.17) is 25.5 Å². The number of benzene rings is 1. The standard InChI is InChI=1S/C20H26ClNO5/c1-6-25-17(18(23)24)9-13-7-8-14(10-15(13)21)26-11-16-12(2)27-19(22-16)20(3,4)5/h7-8,10,17H,6,9,11H2,1-5H3,(H,23,24)/t17-/m0/s1. The predicted octanol–water partition coefficient (Wildman–Crippen LogP) is 4.55. The Morgan fingerprint density at radius 1 is 1.37 bits per heavy atom. The fraction of sp³-hybridized carbons (Fsp3) is 0.500. The maximum Gasteiger partial charge on any atom is 0.333 e. The number of rotatable bonds is 8. The second-order valence-corrected chi connectivity index (χ2v) is 7.71. The summed E-state index contributed by atoms with van der Waals surface area (Å²) in [5.74, 6) is 0.961. The van der Waals surface area contributed by atoms with Gasteiger partial charge in [0.15, 0.2) is 12.0 Å². The fourth-order valence-electron chi connectivity index (χ4n) is 2.44. The highest BCUT2D eigenvalue weighted by Gasteiger charge is 2.23. The van der Waals surface area contributed by atoms with Crippen LogP contribution in [0.4, 0.5) is 0 Å². The summed E-state index contributed by atoms with van der Waals surface area (Å²) >= 11 is 6.29. The molecule has 6 nitrogen and oxygen atoms in total. The molecular weight excluding hydrogens is 370 g/mol. The number of halogens is 1. The summed E-state index contributed by atoms with van der Waals surface area (Å²) in [5, 5.41) is 9.63. The number of aliphatic carboxylic acids is 1. The van der Waals surface area contributed by atoms with Crippen LogP contribution in [0.15, 0.2) is 22.6 Å². The van der Waals surface area contributed by atoms with Gasteiger partial charge in [0.1, 0.15) is 23.8 Å². The Balaban J connectivity index is 2.06. The van der Waals surface area contributed by atoms with Crippen LogP contribution in [0.5, 0.6) is 5.75 Å². The molecule has 1 N–H and O–H groups in total. The minimum Gasteiger partial charge on any atom is -0.487 e. The zero-order valence-corrected chi connectivity index (χ0v) is 17.1. The first-order valence-corrected chi connectivity index (χ1v) is 9.22. The number of nitrogens with zero attached hydrogens (tertiary/aromatic N) is 1. The lowest BCUT2D eigenvalue weighted by molar-refractivity contribution is -0.149. The van der Waals surface area contributed by atoms with E-state index in [1.54, 1.807) is 25.1 Å². The van der Waals surface area contributed by atoms with Crippen LogP contribution in [0.2, 0.25) is 5.02 Å². The molecule has 0 unspecified atom stereocenters. The van der Waals surface area contributed by atoms with Crippen LogP contribution < -0.4 is 4.74 Å². The van der Waals surface area contributed by atoms with E-state index in [2.05, 4.69) is 4.98 Å². The molecule has 27 heavy (non-hydrogen) atoms. The lowest BCUT2D eigenvalue weighted by Crippen LogP contribution is -2.26. The summed E-state index contributed by atoms with van der Waals surface area (Å²) < 4.78 is 16.7. The number of carbonyl (C=O) groups is 1. The quantitative estimate of drug-likeness (QED) is 0.706. The van der Waals surface area contributed by atoms with E-state index in [0.717, 1.165) is 11.5 Å². The van der Waals surface area contributed by atoms with Crippen molar-refractivity contribution in [2.75, 3.05) is 6.61 Å². The average molecular weight is 396 g/mol. The van der Waals surface area contributed by atoms with E-state index in [9.17, 15) is 9.90 Å². The van der Waals surface area contributed by atoms with E-state index < -0.39 is 12.1 Å². The molecule has 1 aromatic heterocycles. The minimum atomic E-state index is -1.01. The third-order valence-corrected chi connectivity index (χ3v) is 4.33. The van der Waals surface area contributed by atoms with E-state index in [1.807, 2.05) is 27.7 Å². The molecular formula is C20H26ClNO5. The first-order chi connectivity index (χ1) is 12.6. The van der Waals surface area contributed by atoms with Crippen LogP contribution in [0.3, 0.4) is 0 Å². The topological polar surface area (TPSA) is 81.8 Å². The van der Waals surface area contributed by atoms with Gasteiger partial charge in [-0.15, -0.1) is 0 Å². The van der Waals surface area contributed by atoms with Crippen molar-refractivity contribution in [2.24, 2.45) is 0 Å². The van der Waals surface area contributed by atoms with Gasteiger partial charge in [0.05, 0.1) is 0 Å². The highest BCUT2D eigenvalue weighted by molar-refractivity contribution is 6.31. The van der Waals surface area contributed by atoms with Crippen molar-refractivity contribution in [1.29, 1.82) is 0 Å². The van der Waals surface area contributed by atoms with Crippen molar-refractivity contribution in [2.45, 2.75) is 59.2 Å². The highest BCUT2D eigenvalue weighted by Crippen LogP contribution is 2.27. The lowest BCUT2D eigenvalue weighted by Gasteiger charge is -2.14. The number of oxazole rings is 1. The van der Waals surface area contributed by atoms with Crippen molar-refractivity contribution in [3.63, 3.8) is 0 Å². The minimum absolute atomic E-state index is 0.171.